The average Bonchev–Trinajstić information content (AvgIpc) is 2.15. The third-order valence-corrected chi connectivity index (χ3v) is 1.39. The number of nitrogens with two attached hydrogens (primary N) is 2. The Morgan fingerprint density at radius 1 is 1.07 bits per heavy atom. The summed E-state index contributed by atoms with van der Waals surface area (Å²) in [6.07, 6.45) is 0. The number of rotatable bonds is 2. The summed E-state index contributed by atoms with van der Waals surface area (Å²) < 4.78 is 0. The highest BCUT2D eigenvalue weighted by Gasteiger charge is 1.89. The Morgan fingerprint density at radius 3 is 1.40 bits per heavy atom. The van der Waals surface area contributed by atoms with Gasteiger partial charge < -0.3 is 10.2 Å². The van der Waals surface area contributed by atoms with E-state index in [0.29, 0.717) is 0 Å². The van der Waals surface area contributed by atoms with Crippen molar-refractivity contribution in [3.63, 3.8) is 0 Å². The average molecular weight is 266 g/mol. The van der Waals surface area contributed by atoms with Gasteiger partial charge in [-0.15, -0.1) is 12.2 Å². The molecule has 4 nitrogen and oxygen atoms in total. The van der Waals surface area contributed by atoms with Crippen LogP contribution in [0.4, 0.5) is 0 Å². The van der Waals surface area contributed by atoms with Crippen molar-refractivity contribution in [3.8, 4) is 0 Å². The predicted molar refractivity (Wildman–Crippen MR) is 69.9 cm³/mol. The maximum absolute atomic E-state index is 8.64. The summed E-state index contributed by atoms with van der Waals surface area (Å²) in [5.41, 5.74) is 9.48. The summed E-state index contributed by atoms with van der Waals surface area (Å²) in [7, 11) is 0. The van der Waals surface area contributed by atoms with Crippen molar-refractivity contribution in [3.05, 3.63) is 35.4 Å². The summed E-state index contributed by atoms with van der Waals surface area (Å²) in [4.78, 5) is 0. The monoisotopic (exact) mass is 266 g/mol. The van der Waals surface area contributed by atoms with Gasteiger partial charge in [-0.05, 0) is 11.1 Å². The molecule has 86 valence electrons. The summed E-state index contributed by atoms with van der Waals surface area (Å²) in [6, 6.07) is 7.19. The van der Waals surface area contributed by atoms with Gasteiger partial charge in [0.25, 0.3) is 0 Å². The first-order valence-corrected chi connectivity index (χ1v) is 8.15. The van der Waals surface area contributed by atoms with Crippen molar-refractivity contribution in [2.75, 3.05) is 0 Å². The van der Waals surface area contributed by atoms with Crippen LogP contribution in [0, 0.1) is 0 Å². The SMILES string of the molecule is NP(N)(=S)S.OCc1ccc(CO)cc1. The zero-order chi connectivity index (χ0) is 11.9. The third-order valence-electron chi connectivity index (χ3n) is 1.39. The highest BCUT2D eigenvalue weighted by molar-refractivity contribution is 8.61. The quantitative estimate of drug-likeness (QED) is 0.402. The number of aliphatic hydroxyl groups excluding tert-OH is 2. The first-order valence-electron chi connectivity index (χ1n) is 4.06. The molecule has 0 aromatic heterocycles. The molecule has 0 unspecified atom stereocenters. The van der Waals surface area contributed by atoms with Gasteiger partial charge >= 0.3 is 0 Å². The van der Waals surface area contributed by atoms with Gasteiger partial charge in [0.2, 0.25) is 0 Å². The fraction of sp³-hybridized carbons (Fsp3) is 0.250. The minimum atomic E-state index is -2.11. The van der Waals surface area contributed by atoms with E-state index in [0.717, 1.165) is 11.1 Å². The molecule has 1 aromatic rings. The minimum Gasteiger partial charge on any atom is -0.392 e. The molecule has 15 heavy (non-hydrogen) atoms. The Bertz CT molecular complexity index is 295. The summed E-state index contributed by atoms with van der Waals surface area (Å²) in [5.74, 6) is 0. The molecular weight excluding hydrogens is 251 g/mol. The molecule has 0 fully saturated rings. The van der Waals surface area contributed by atoms with Crippen LogP contribution < -0.4 is 11.0 Å². The number of benzene rings is 1. The van der Waals surface area contributed by atoms with Crippen LogP contribution in [-0.2, 0) is 25.0 Å². The molecule has 0 amide bonds. The molecule has 0 aliphatic heterocycles. The molecule has 0 atom stereocenters. The van der Waals surface area contributed by atoms with E-state index in [9.17, 15) is 0 Å². The molecule has 0 spiro atoms. The summed E-state index contributed by atoms with van der Waals surface area (Å²) >= 11 is 7.96. The third kappa shape index (κ3) is 10.3. The standard InChI is InChI=1S/C8H10O2.H5N2PS2/c9-5-7-1-2-8(6-10)4-3-7;1-3(2,4)5/h1-4,9-10H,5-6H2;(H5,1,2,4,5). The second-order valence-corrected chi connectivity index (χ2v) is 8.76. The van der Waals surface area contributed by atoms with Crippen LogP contribution in [0.3, 0.4) is 0 Å². The van der Waals surface area contributed by atoms with Gasteiger partial charge in [-0.3, -0.25) is 11.0 Å². The fourth-order valence-corrected chi connectivity index (χ4v) is 0.750. The van der Waals surface area contributed by atoms with E-state index >= 15 is 0 Å². The van der Waals surface area contributed by atoms with Crippen LogP contribution in [0.25, 0.3) is 0 Å². The Balaban J connectivity index is 0.000000336. The van der Waals surface area contributed by atoms with Crippen molar-refractivity contribution in [2.45, 2.75) is 13.2 Å². The smallest absolute Gasteiger partial charge is 0.119 e. The van der Waals surface area contributed by atoms with Gasteiger partial charge in [0.1, 0.15) is 5.54 Å². The van der Waals surface area contributed by atoms with Gasteiger partial charge in [0.15, 0.2) is 0 Å². The van der Waals surface area contributed by atoms with Crippen LogP contribution >= 0.6 is 17.8 Å². The van der Waals surface area contributed by atoms with Crippen molar-refractivity contribution in [2.24, 2.45) is 11.0 Å². The molecule has 7 heteroatoms. The molecule has 0 aliphatic rings. The Morgan fingerprint density at radius 2 is 1.27 bits per heavy atom. The first kappa shape index (κ1) is 15.1. The van der Waals surface area contributed by atoms with Crippen LogP contribution in [-0.4, -0.2) is 10.2 Å². The van der Waals surface area contributed by atoms with E-state index in [1.807, 2.05) is 0 Å². The lowest BCUT2D eigenvalue weighted by molar-refractivity contribution is 0.278. The lowest BCUT2D eigenvalue weighted by atomic mass is 10.1. The van der Waals surface area contributed by atoms with Gasteiger partial charge in [0, 0.05) is 0 Å². The summed E-state index contributed by atoms with van der Waals surface area (Å²) in [6.45, 7) is 0.122. The van der Waals surface area contributed by atoms with Crippen LogP contribution in [0.1, 0.15) is 11.1 Å². The molecule has 0 radical (unpaired) electrons. The zero-order valence-corrected chi connectivity index (χ0v) is 10.7. The lowest BCUT2D eigenvalue weighted by Gasteiger charge is -1.96. The van der Waals surface area contributed by atoms with E-state index in [2.05, 4.69) is 24.1 Å². The molecule has 0 aliphatic carbocycles. The van der Waals surface area contributed by atoms with Gasteiger partial charge in [0.05, 0.1) is 13.2 Å². The van der Waals surface area contributed by atoms with Crippen LogP contribution in [0.2, 0.25) is 0 Å². The second-order valence-electron chi connectivity index (χ2n) is 2.81. The maximum Gasteiger partial charge on any atom is 0.119 e. The van der Waals surface area contributed by atoms with Crippen molar-refractivity contribution in [1.82, 2.24) is 0 Å². The normalized spacial score (nSPS) is 10.5. The molecule has 1 aromatic carbocycles. The van der Waals surface area contributed by atoms with Crippen LogP contribution in [0.15, 0.2) is 24.3 Å². The molecule has 1 rings (SSSR count). The molecule has 0 saturated carbocycles. The number of aliphatic hydroxyl groups is 2. The number of hydrogen-bond donors (Lipinski definition) is 5. The Labute approximate surface area is 99.6 Å². The van der Waals surface area contributed by atoms with Gasteiger partial charge in [-0.25, -0.2) is 0 Å². The van der Waals surface area contributed by atoms with E-state index < -0.39 is 5.54 Å². The first-order chi connectivity index (χ1) is 6.86. The minimum absolute atomic E-state index is 0.0612. The number of thiol groups is 1. The van der Waals surface area contributed by atoms with E-state index in [1.54, 1.807) is 24.3 Å². The Hall–Kier alpha value is 0.0600. The highest BCUT2D eigenvalue weighted by atomic mass is 32.9. The molecule has 0 saturated heterocycles. The maximum atomic E-state index is 8.64. The highest BCUT2D eigenvalue weighted by Crippen LogP contribution is 2.29. The van der Waals surface area contributed by atoms with Crippen LogP contribution in [0.5, 0.6) is 0 Å². The molecule has 0 heterocycles. The Kier molecular flexibility index (Phi) is 7.38. The van der Waals surface area contributed by atoms with Gasteiger partial charge in [-0.1, -0.05) is 36.1 Å². The van der Waals surface area contributed by atoms with E-state index in [-0.39, 0.29) is 13.2 Å². The van der Waals surface area contributed by atoms with E-state index in [4.69, 9.17) is 21.2 Å². The van der Waals surface area contributed by atoms with Crippen molar-refractivity contribution in [1.29, 1.82) is 0 Å². The summed E-state index contributed by atoms with van der Waals surface area (Å²) in [5, 5.41) is 17.3. The van der Waals surface area contributed by atoms with Crippen molar-refractivity contribution < 1.29 is 10.2 Å². The van der Waals surface area contributed by atoms with Crippen molar-refractivity contribution >= 4 is 29.6 Å². The zero-order valence-electron chi connectivity index (χ0n) is 8.08. The predicted octanol–water partition coefficient (Wildman–Crippen LogP) is 0.729. The van der Waals surface area contributed by atoms with E-state index in [1.165, 1.54) is 0 Å². The molecule has 0 bridgehead atoms. The van der Waals surface area contributed by atoms with Gasteiger partial charge in [-0.2, -0.15) is 0 Å². The number of hydrogen-bond acceptors (Lipinski definition) is 3. The molecule has 6 N–H and O–H groups in total. The topological polar surface area (TPSA) is 92.5 Å². The molecular formula is C8H15N2O2PS2. The largest absolute Gasteiger partial charge is 0.392 e. The fourth-order valence-electron chi connectivity index (χ4n) is 0.750. The lowest BCUT2D eigenvalue weighted by Crippen LogP contribution is -1.94. The second kappa shape index (κ2) is 7.35.